The number of furan rings is 1. The summed E-state index contributed by atoms with van der Waals surface area (Å²) in [5.74, 6) is 0.123. The van der Waals surface area contributed by atoms with Gasteiger partial charge >= 0.3 is 0 Å². The van der Waals surface area contributed by atoms with Crippen LogP contribution in [0.3, 0.4) is 0 Å². The summed E-state index contributed by atoms with van der Waals surface area (Å²) in [6, 6.07) is 12.9. The predicted molar refractivity (Wildman–Crippen MR) is 77.8 cm³/mol. The molecule has 20 heavy (non-hydrogen) atoms. The van der Waals surface area contributed by atoms with Gasteiger partial charge in [0.05, 0.1) is 12.7 Å². The quantitative estimate of drug-likeness (QED) is 0.593. The van der Waals surface area contributed by atoms with E-state index in [0.29, 0.717) is 5.76 Å². The number of rotatable bonds is 6. The Morgan fingerprint density at radius 3 is 2.25 bits per heavy atom. The largest absolute Gasteiger partial charge is 0.465 e. The third-order valence-corrected chi connectivity index (χ3v) is 2.59. The molecular formula is C17H14O3. The number of hydrogen-bond donors (Lipinski definition) is 0. The Morgan fingerprint density at radius 1 is 0.900 bits per heavy atom. The summed E-state index contributed by atoms with van der Waals surface area (Å²) in [5.41, 5.74) is 0.930. The number of benzene rings is 1. The molecule has 1 aromatic heterocycles. The van der Waals surface area contributed by atoms with Crippen molar-refractivity contribution in [2.45, 2.75) is 6.42 Å². The second-order valence-electron chi connectivity index (χ2n) is 4.20. The molecule has 1 aromatic carbocycles. The van der Waals surface area contributed by atoms with Crippen molar-refractivity contribution in [2.24, 2.45) is 0 Å². The van der Waals surface area contributed by atoms with Gasteiger partial charge in [-0.15, -0.1) is 0 Å². The highest BCUT2D eigenvalue weighted by molar-refractivity contribution is 6.10. The Morgan fingerprint density at radius 2 is 1.60 bits per heavy atom. The molecule has 0 radical (unpaired) electrons. The summed E-state index contributed by atoms with van der Waals surface area (Å²) >= 11 is 0. The van der Waals surface area contributed by atoms with Crippen LogP contribution in [0, 0.1) is 0 Å². The molecule has 0 fully saturated rings. The molecule has 0 spiro atoms. The minimum absolute atomic E-state index is 0.138. The van der Waals surface area contributed by atoms with Gasteiger partial charge in [0, 0.05) is 0 Å². The maximum absolute atomic E-state index is 11.6. The van der Waals surface area contributed by atoms with Crippen molar-refractivity contribution in [3.05, 3.63) is 72.2 Å². The molecule has 3 nitrogen and oxygen atoms in total. The van der Waals surface area contributed by atoms with Crippen LogP contribution in [0.4, 0.5) is 0 Å². The van der Waals surface area contributed by atoms with Crippen molar-refractivity contribution < 1.29 is 14.0 Å². The van der Waals surface area contributed by atoms with E-state index in [1.807, 2.05) is 30.3 Å². The number of allylic oxidation sites excluding steroid dienone is 2. The molecule has 0 bridgehead atoms. The topological polar surface area (TPSA) is 47.3 Å². The molecule has 1 heterocycles. The third-order valence-electron chi connectivity index (χ3n) is 2.59. The van der Waals surface area contributed by atoms with Crippen LogP contribution in [0.1, 0.15) is 17.7 Å². The van der Waals surface area contributed by atoms with Crippen LogP contribution >= 0.6 is 0 Å². The van der Waals surface area contributed by atoms with Crippen LogP contribution in [-0.2, 0) is 9.59 Å². The molecule has 0 saturated carbocycles. The maximum atomic E-state index is 11.6. The Balaban J connectivity index is 1.85. The average Bonchev–Trinajstić information content (AvgIpc) is 2.97. The standard InChI is InChI=1S/C17H14O3/c18-15(9-8-14-5-2-1-3-6-14)13-16(19)10-11-17-7-4-12-20-17/h1-12H,13H2/b9-8+,11-10+. The zero-order valence-corrected chi connectivity index (χ0v) is 10.9. The van der Waals surface area contributed by atoms with E-state index in [2.05, 4.69) is 0 Å². The third kappa shape index (κ3) is 4.53. The summed E-state index contributed by atoms with van der Waals surface area (Å²) in [6.07, 6.45) is 7.42. The molecule has 2 aromatic rings. The summed E-state index contributed by atoms with van der Waals surface area (Å²) in [6.45, 7) is 0. The van der Waals surface area contributed by atoms with Crippen LogP contribution in [0.5, 0.6) is 0 Å². The summed E-state index contributed by atoms with van der Waals surface area (Å²) < 4.78 is 5.06. The van der Waals surface area contributed by atoms with Gasteiger partial charge < -0.3 is 4.42 Å². The molecule has 0 aliphatic heterocycles. The number of hydrogen-bond acceptors (Lipinski definition) is 3. The zero-order chi connectivity index (χ0) is 14.2. The second kappa shape index (κ2) is 7.04. The summed E-state index contributed by atoms with van der Waals surface area (Å²) in [5, 5.41) is 0. The first-order valence-corrected chi connectivity index (χ1v) is 6.24. The van der Waals surface area contributed by atoms with Crippen molar-refractivity contribution in [1.29, 1.82) is 0 Å². The zero-order valence-electron chi connectivity index (χ0n) is 10.9. The summed E-state index contributed by atoms with van der Waals surface area (Å²) in [7, 11) is 0. The molecule has 0 amide bonds. The van der Waals surface area contributed by atoms with Gasteiger partial charge in [-0.3, -0.25) is 9.59 Å². The van der Waals surface area contributed by atoms with Crippen LogP contribution in [0.15, 0.2) is 65.3 Å². The van der Waals surface area contributed by atoms with Crippen LogP contribution in [0.2, 0.25) is 0 Å². The van der Waals surface area contributed by atoms with Crippen molar-refractivity contribution in [3.8, 4) is 0 Å². The highest BCUT2D eigenvalue weighted by Gasteiger charge is 2.03. The molecule has 0 N–H and O–H groups in total. The van der Waals surface area contributed by atoms with Gasteiger partial charge in [0.1, 0.15) is 5.76 Å². The lowest BCUT2D eigenvalue weighted by atomic mass is 10.1. The lowest BCUT2D eigenvalue weighted by molar-refractivity contribution is -0.121. The van der Waals surface area contributed by atoms with Gasteiger partial charge in [-0.25, -0.2) is 0 Å². The molecule has 100 valence electrons. The van der Waals surface area contributed by atoms with Gasteiger partial charge in [-0.1, -0.05) is 36.4 Å². The smallest absolute Gasteiger partial charge is 0.163 e. The highest BCUT2D eigenvalue weighted by Crippen LogP contribution is 2.04. The van der Waals surface area contributed by atoms with Gasteiger partial charge in [0.25, 0.3) is 0 Å². The molecule has 0 unspecified atom stereocenters. The SMILES string of the molecule is O=C(/C=C/c1ccccc1)CC(=O)/C=C/c1ccco1. The number of ketones is 2. The van der Waals surface area contributed by atoms with E-state index in [1.165, 1.54) is 18.4 Å². The monoisotopic (exact) mass is 266 g/mol. The van der Waals surface area contributed by atoms with E-state index in [0.717, 1.165) is 5.56 Å². The molecule has 2 rings (SSSR count). The first-order valence-electron chi connectivity index (χ1n) is 6.24. The van der Waals surface area contributed by atoms with Gasteiger partial charge in [0.2, 0.25) is 0 Å². The second-order valence-corrected chi connectivity index (χ2v) is 4.20. The van der Waals surface area contributed by atoms with Crippen LogP contribution in [0.25, 0.3) is 12.2 Å². The fraction of sp³-hybridized carbons (Fsp3) is 0.0588. The minimum Gasteiger partial charge on any atom is -0.465 e. The van der Waals surface area contributed by atoms with Crippen molar-refractivity contribution in [2.75, 3.05) is 0 Å². The van der Waals surface area contributed by atoms with E-state index in [9.17, 15) is 9.59 Å². The molecule has 0 saturated heterocycles. The number of carbonyl (C=O) groups is 2. The molecule has 3 heteroatoms. The van der Waals surface area contributed by atoms with Gasteiger partial charge in [-0.05, 0) is 35.9 Å². The van der Waals surface area contributed by atoms with E-state index in [-0.39, 0.29) is 18.0 Å². The fourth-order valence-electron chi connectivity index (χ4n) is 1.60. The van der Waals surface area contributed by atoms with E-state index in [4.69, 9.17) is 4.42 Å². The van der Waals surface area contributed by atoms with Gasteiger partial charge in [-0.2, -0.15) is 0 Å². The average molecular weight is 266 g/mol. The normalized spacial score (nSPS) is 11.2. The highest BCUT2D eigenvalue weighted by atomic mass is 16.3. The molecule has 0 aliphatic rings. The summed E-state index contributed by atoms with van der Waals surface area (Å²) in [4.78, 5) is 23.2. The lowest BCUT2D eigenvalue weighted by Crippen LogP contribution is -2.01. The van der Waals surface area contributed by atoms with Crippen LogP contribution in [-0.4, -0.2) is 11.6 Å². The van der Waals surface area contributed by atoms with Crippen LogP contribution < -0.4 is 0 Å². The molecule has 0 atom stereocenters. The maximum Gasteiger partial charge on any atom is 0.163 e. The fourth-order valence-corrected chi connectivity index (χ4v) is 1.60. The number of carbonyl (C=O) groups excluding carboxylic acids is 2. The molecular weight excluding hydrogens is 252 g/mol. The van der Waals surface area contributed by atoms with Gasteiger partial charge in [0.15, 0.2) is 11.6 Å². The Labute approximate surface area is 117 Å². The minimum atomic E-state index is -0.246. The Bertz CT molecular complexity index is 620. The van der Waals surface area contributed by atoms with E-state index < -0.39 is 0 Å². The molecule has 0 aliphatic carbocycles. The van der Waals surface area contributed by atoms with Crippen molar-refractivity contribution in [3.63, 3.8) is 0 Å². The first kappa shape index (κ1) is 13.7. The van der Waals surface area contributed by atoms with Crippen molar-refractivity contribution >= 4 is 23.7 Å². The Kier molecular flexibility index (Phi) is 4.84. The predicted octanol–water partition coefficient (Wildman–Crippen LogP) is 3.53. The van der Waals surface area contributed by atoms with Crippen molar-refractivity contribution in [1.82, 2.24) is 0 Å². The van der Waals surface area contributed by atoms with E-state index >= 15 is 0 Å². The first-order chi connectivity index (χ1) is 9.74. The lowest BCUT2D eigenvalue weighted by Gasteiger charge is -1.92. The Hall–Kier alpha value is -2.68. The van der Waals surface area contributed by atoms with E-state index in [1.54, 1.807) is 24.3 Å².